The van der Waals surface area contributed by atoms with Gasteiger partial charge in [0, 0.05) is 24.3 Å². The van der Waals surface area contributed by atoms with Crippen LogP contribution in [-0.4, -0.2) is 27.5 Å². The highest BCUT2D eigenvalue weighted by Crippen LogP contribution is 2.38. The Hall–Kier alpha value is -0.870. The van der Waals surface area contributed by atoms with Crippen LogP contribution in [0.25, 0.3) is 0 Å². The van der Waals surface area contributed by atoms with Crippen LogP contribution in [-0.2, 0) is 13.1 Å². The molecule has 1 heterocycles. The Balaban J connectivity index is 1.90. The van der Waals surface area contributed by atoms with Crippen molar-refractivity contribution in [2.24, 2.45) is 11.3 Å². The Bertz CT molecular complexity index is 408. The van der Waals surface area contributed by atoms with E-state index >= 15 is 0 Å². The Kier molecular flexibility index (Phi) is 5.22. The van der Waals surface area contributed by atoms with Crippen LogP contribution in [0, 0.1) is 11.3 Å². The quantitative estimate of drug-likeness (QED) is 0.871. The van der Waals surface area contributed by atoms with Gasteiger partial charge in [0.05, 0.1) is 19.3 Å². The van der Waals surface area contributed by atoms with Crippen molar-refractivity contribution in [3.8, 4) is 0 Å². The molecule has 0 amide bonds. The highest BCUT2D eigenvalue weighted by Gasteiger charge is 2.33. The molecule has 0 spiro atoms. The van der Waals surface area contributed by atoms with Gasteiger partial charge in [-0.25, -0.2) is 0 Å². The Morgan fingerprint density at radius 1 is 1.35 bits per heavy atom. The highest BCUT2D eigenvalue weighted by atomic mass is 16.3. The van der Waals surface area contributed by atoms with Gasteiger partial charge in [-0.1, -0.05) is 33.6 Å². The van der Waals surface area contributed by atoms with Crippen LogP contribution >= 0.6 is 0 Å². The molecule has 1 aromatic rings. The topological polar surface area (TPSA) is 50.1 Å². The first-order valence-electron chi connectivity index (χ1n) is 7.86. The predicted octanol–water partition coefficient (Wildman–Crippen LogP) is 2.57. The minimum absolute atomic E-state index is 0.142. The van der Waals surface area contributed by atoms with Crippen LogP contribution in [0.5, 0.6) is 0 Å². The molecule has 1 aliphatic carbocycles. The smallest absolute Gasteiger partial charge is 0.0640 e. The largest absolute Gasteiger partial charge is 0.394 e. The minimum Gasteiger partial charge on any atom is -0.394 e. The van der Waals surface area contributed by atoms with E-state index in [0.717, 1.165) is 12.5 Å². The van der Waals surface area contributed by atoms with Crippen LogP contribution < -0.4 is 5.32 Å². The second kappa shape index (κ2) is 6.72. The van der Waals surface area contributed by atoms with E-state index in [0.29, 0.717) is 18.0 Å². The van der Waals surface area contributed by atoms with Gasteiger partial charge in [-0.2, -0.15) is 5.10 Å². The molecule has 2 N–H and O–H groups in total. The lowest BCUT2D eigenvalue weighted by Crippen LogP contribution is -2.43. The molecule has 20 heavy (non-hydrogen) atoms. The van der Waals surface area contributed by atoms with Crippen molar-refractivity contribution in [2.45, 2.75) is 65.6 Å². The Morgan fingerprint density at radius 2 is 2.10 bits per heavy atom. The molecular weight excluding hydrogens is 250 g/mol. The molecule has 1 aliphatic rings. The summed E-state index contributed by atoms with van der Waals surface area (Å²) in [4.78, 5) is 0. The molecule has 0 aliphatic heterocycles. The van der Waals surface area contributed by atoms with Gasteiger partial charge < -0.3 is 10.4 Å². The summed E-state index contributed by atoms with van der Waals surface area (Å²) in [6, 6.07) is 0.616. The van der Waals surface area contributed by atoms with Gasteiger partial charge in [0.15, 0.2) is 0 Å². The van der Waals surface area contributed by atoms with E-state index in [1.165, 1.54) is 31.2 Å². The zero-order valence-corrected chi connectivity index (χ0v) is 13.1. The molecule has 1 aromatic heterocycles. The van der Waals surface area contributed by atoms with Crippen LogP contribution in [0.4, 0.5) is 0 Å². The third-order valence-electron chi connectivity index (χ3n) is 4.46. The molecular formula is C16H29N3O. The number of hydrogen-bond donors (Lipinski definition) is 2. The zero-order valence-electron chi connectivity index (χ0n) is 13.1. The fraction of sp³-hybridized carbons (Fsp3) is 0.812. The average Bonchev–Trinajstić information content (AvgIpc) is 2.84. The van der Waals surface area contributed by atoms with Gasteiger partial charge in [0.25, 0.3) is 0 Å². The molecule has 0 aromatic carbocycles. The summed E-state index contributed by atoms with van der Waals surface area (Å²) in [7, 11) is 0. The van der Waals surface area contributed by atoms with E-state index in [4.69, 9.17) is 5.11 Å². The van der Waals surface area contributed by atoms with Gasteiger partial charge >= 0.3 is 0 Å². The molecule has 2 unspecified atom stereocenters. The minimum atomic E-state index is 0.142. The van der Waals surface area contributed by atoms with E-state index in [1.54, 1.807) is 4.68 Å². The van der Waals surface area contributed by atoms with E-state index in [1.807, 2.05) is 12.4 Å². The van der Waals surface area contributed by atoms with Crippen LogP contribution in [0.1, 0.15) is 52.0 Å². The fourth-order valence-electron chi connectivity index (χ4n) is 3.38. The Morgan fingerprint density at radius 3 is 2.80 bits per heavy atom. The molecule has 2 atom stereocenters. The summed E-state index contributed by atoms with van der Waals surface area (Å²) in [5.74, 6) is 0.753. The predicted molar refractivity (Wildman–Crippen MR) is 81.4 cm³/mol. The lowest BCUT2D eigenvalue weighted by Gasteiger charge is -2.41. The first kappa shape index (κ1) is 15.5. The number of hydrogen-bond acceptors (Lipinski definition) is 3. The average molecular weight is 279 g/mol. The number of aliphatic hydroxyl groups is 1. The standard InChI is InChI=1S/C16H29N3O/c1-16(2,3)14-6-4-5-7-15(14)17-10-13-11-18-19(12-13)8-9-20/h11-12,14-15,17,20H,4-10H2,1-3H3. The van der Waals surface area contributed by atoms with Crippen LogP contribution in [0.15, 0.2) is 12.4 Å². The zero-order chi connectivity index (χ0) is 14.6. The number of aliphatic hydroxyl groups excluding tert-OH is 1. The second-order valence-electron chi connectivity index (χ2n) is 7.08. The molecule has 0 saturated heterocycles. The maximum Gasteiger partial charge on any atom is 0.0640 e. The molecule has 0 radical (unpaired) electrons. The second-order valence-corrected chi connectivity index (χ2v) is 7.08. The first-order valence-corrected chi connectivity index (χ1v) is 7.86. The third-order valence-corrected chi connectivity index (χ3v) is 4.46. The van der Waals surface area contributed by atoms with Gasteiger partial charge in [-0.3, -0.25) is 4.68 Å². The van der Waals surface area contributed by atoms with Crippen LogP contribution in [0.3, 0.4) is 0 Å². The maximum atomic E-state index is 8.91. The number of aromatic nitrogens is 2. The number of rotatable bonds is 5. The fourth-order valence-corrected chi connectivity index (χ4v) is 3.38. The van der Waals surface area contributed by atoms with E-state index in [9.17, 15) is 0 Å². The van der Waals surface area contributed by atoms with E-state index in [2.05, 4.69) is 31.2 Å². The molecule has 4 heteroatoms. The van der Waals surface area contributed by atoms with Crippen LogP contribution in [0.2, 0.25) is 0 Å². The van der Waals surface area contributed by atoms with Gasteiger partial charge in [-0.15, -0.1) is 0 Å². The van der Waals surface area contributed by atoms with Crippen molar-refractivity contribution in [3.63, 3.8) is 0 Å². The van der Waals surface area contributed by atoms with E-state index < -0.39 is 0 Å². The summed E-state index contributed by atoms with van der Waals surface area (Å²) in [6.45, 7) is 8.67. The van der Waals surface area contributed by atoms with Crippen molar-refractivity contribution >= 4 is 0 Å². The van der Waals surface area contributed by atoms with Gasteiger partial charge in [0.2, 0.25) is 0 Å². The monoisotopic (exact) mass is 279 g/mol. The molecule has 1 saturated carbocycles. The van der Waals surface area contributed by atoms with Crippen molar-refractivity contribution in [3.05, 3.63) is 18.0 Å². The maximum absolute atomic E-state index is 8.91. The van der Waals surface area contributed by atoms with E-state index in [-0.39, 0.29) is 6.61 Å². The number of nitrogens with zero attached hydrogens (tertiary/aromatic N) is 2. The molecule has 0 bridgehead atoms. The molecule has 4 nitrogen and oxygen atoms in total. The summed E-state index contributed by atoms with van der Waals surface area (Å²) in [5.41, 5.74) is 1.58. The van der Waals surface area contributed by atoms with Crippen molar-refractivity contribution in [1.82, 2.24) is 15.1 Å². The highest BCUT2D eigenvalue weighted by molar-refractivity contribution is 5.04. The number of nitrogens with one attached hydrogen (secondary N) is 1. The Labute approximate surface area is 122 Å². The summed E-state index contributed by atoms with van der Waals surface area (Å²) in [6.07, 6.45) is 9.26. The third kappa shape index (κ3) is 4.06. The lowest BCUT2D eigenvalue weighted by molar-refractivity contribution is 0.130. The van der Waals surface area contributed by atoms with Gasteiger partial charge in [-0.05, 0) is 24.2 Å². The summed E-state index contributed by atoms with van der Waals surface area (Å²) >= 11 is 0. The lowest BCUT2D eigenvalue weighted by atomic mass is 9.69. The molecule has 1 fully saturated rings. The first-order chi connectivity index (χ1) is 9.50. The summed E-state index contributed by atoms with van der Waals surface area (Å²) in [5, 5.41) is 16.9. The molecule has 2 rings (SSSR count). The normalized spacial score (nSPS) is 24.0. The molecule has 114 valence electrons. The van der Waals surface area contributed by atoms with Crippen molar-refractivity contribution in [2.75, 3.05) is 6.61 Å². The van der Waals surface area contributed by atoms with Gasteiger partial charge in [0.1, 0.15) is 0 Å². The van der Waals surface area contributed by atoms with Crippen molar-refractivity contribution < 1.29 is 5.11 Å². The SMILES string of the molecule is CC(C)(C)C1CCCCC1NCc1cnn(CCO)c1. The summed E-state index contributed by atoms with van der Waals surface area (Å²) < 4.78 is 1.80. The van der Waals surface area contributed by atoms with Crippen molar-refractivity contribution in [1.29, 1.82) is 0 Å².